The number of nitrogens with zero attached hydrogens (tertiary/aromatic N) is 1. The van der Waals surface area contributed by atoms with Crippen LogP contribution >= 0.6 is 11.6 Å². The number of rotatable bonds is 6. The van der Waals surface area contributed by atoms with E-state index < -0.39 is 11.0 Å². The Balaban J connectivity index is 2.13. The summed E-state index contributed by atoms with van der Waals surface area (Å²) in [6.07, 6.45) is 0. The SMILES string of the molecule is COc1cc([N+](=O)[O-])ccc1NC(=O)[C@@H](C)Nc1cccc(Cl)c1C. The van der Waals surface area contributed by atoms with E-state index >= 15 is 0 Å². The lowest BCUT2D eigenvalue weighted by molar-refractivity contribution is -0.384. The second-order valence-electron chi connectivity index (χ2n) is 5.41. The third kappa shape index (κ3) is 4.39. The lowest BCUT2D eigenvalue weighted by atomic mass is 10.1. The Morgan fingerprint density at radius 1 is 1.28 bits per heavy atom. The predicted octanol–water partition coefficient (Wildman–Crippen LogP) is 4.00. The zero-order chi connectivity index (χ0) is 18.6. The molecule has 132 valence electrons. The van der Waals surface area contributed by atoms with Gasteiger partial charge in [0.2, 0.25) is 5.91 Å². The molecular weight excluding hydrogens is 346 g/mol. The van der Waals surface area contributed by atoms with Crippen molar-refractivity contribution >= 4 is 34.6 Å². The number of anilines is 2. The highest BCUT2D eigenvalue weighted by atomic mass is 35.5. The smallest absolute Gasteiger partial charge is 0.273 e. The number of amides is 1. The highest BCUT2D eigenvalue weighted by Gasteiger charge is 2.18. The third-order valence-electron chi connectivity index (χ3n) is 3.69. The molecule has 0 bridgehead atoms. The maximum absolute atomic E-state index is 12.4. The number of nitro groups is 1. The van der Waals surface area contributed by atoms with Gasteiger partial charge in [0.05, 0.1) is 23.8 Å². The standard InChI is InChI=1S/C17H18ClN3O4/c1-10-13(18)5-4-6-14(10)19-11(2)17(22)20-15-8-7-12(21(23)24)9-16(15)25-3/h4-9,11,19H,1-3H3,(H,20,22)/t11-/m1/s1. The first-order valence-corrected chi connectivity index (χ1v) is 7.86. The average molecular weight is 364 g/mol. The maximum atomic E-state index is 12.4. The molecule has 8 heteroatoms. The van der Waals surface area contributed by atoms with Gasteiger partial charge < -0.3 is 15.4 Å². The van der Waals surface area contributed by atoms with Gasteiger partial charge in [-0.2, -0.15) is 0 Å². The molecule has 0 aliphatic heterocycles. The van der Waals surface area contributed by atoms with Gasteiger partial charge in [-0.05, 0) is 37.6 Å². The van der Waals surface area contributed by atoms with Gasteiger partial charge in [-0.1, -0.05) is 17.7 Å². The van der Waals surface area contributed by atoms with Crippen LogP contribution < -0.4 is 15.4 Å². The molecule has 0 heterocycles. The molecule has 0 saturated heterocycles. The van der Waals surface area contributed by atoms with Crippen molar-refractivity contribution in [3.8, 4) is 5.75 Å². The van der Waals surface area contributed by atoms with Crippen molar-refractivity contribution in [2.24, 2.45) is 0 Å². The van der Waals surface area contributed by atoms with Crippen LogP contribution in [0.2, 0.25) is 5.02 Å². The molecule has 0 aliphatic carbocycles. The van der Waals surface area contributed by atoms with Gasteiger partial charge in [0, 0.05) is 16.8 Å². The normalized spacial score (nSPS) is 11.5. The number of carbonyl (C=O) groups excluding carboxylic acids is 1. The highest BCUT2D eigenvalue weighted by molar-refractivity contribution is 6.31. The Morgan fingerprint density at radius 2 is 2.00 bits per heavy atom. The van der Waals surface area contributed by atoms with Crippen molar-refractivity contribution in [2.75, 3.05) is 17.7 Å². The fourth-order valence-corrected chi connectivity index (χ4v) is 2.37. The molecule has 0 spiro atoms. The van der Waals surface area contributed by atoms with E-state index in [4.69, 9.17) is 16.3 Å². The molecule has 0 radical (unpaired) electrons. The van der Waals surface area contributed by atoms with E-state index in [1.807, 2.05) is 13.0 Å². The molecular formula is C17H18ClN3O4. The quantitative estimate of drug-likeness (QED) is 0.597. The van der Waals surface area contributed by atoms with Gasteiger partial charge >= 0.3 is 0 Å². The summed E-state index contributed by atoms with van der Waals surface area (Å²) in [6, 6.07) is 8.84. The first kappa shape index (κ1) is 18.5. The van der Waals surface area contributed by atoms with E-state index in [1.54, 1.807) is 19.1 Å². The van der Waals surface area contributed by atoms with Crippen LogP contribution in [-0.4, -0.2) is 24.0 Å². The number of hydrogen-bond donors (Lipinski definition) is 2. The van der Waals surface area contributed by atoms with Crippen LogP contribution in [0.3, 0.4) is 0 Å². The van der Waals surface area contributed by atoms with Gasteiger partial charge in [-0.15, -0.1) is 0 Å². The number of nitrogens with one attached hydrogen (secondary N) is 2. The molecule has 7 nitrogen and oxygen atoms in total. The minimum atomic E-state index is -0.558. The maximum Gasteiger partial charge on any atom is 0.273 e. The topological polar surface area (TPSA) is 93.5 Å². The number of methoxy groups -OCH3 is 1. The van der Waals surface area contributed by atoms with Crippen LogP contribution in [-0.2, 0) is 4.79 Å². The van der Waals surface area contributed by atoms with Crippen molar-refractivity contribution in [3.05, 3.63) is 57.1 Å². The number of hydrogen-bond acceptors (Lipinski definition) is 5. The summed E-state index contributed by atoms with van der Waals surface area (Å²) < 4.78 is 5.11. The Labute approximate surface area is 150 Å². The number of nitro benzene ring substituents is 1. The van der Waals surface area contributed by atoms with E-state index in [0.29, 0.717) is 10.7 Å². The van der Waals surface area contributed by atoms with Crippen molar-refractivity contribution in [2.45, 2.75) is 19.9 Å². The first-order chi connectivity index (χ1) is 11.8. The minimum absolute atomic E-state index is 0.115. The van der Waals surface area contributed by atoms with Crippen LogP contribution in [0.1, 0.15) is 12.5 Å². The Morgan fingerprint density at radius 3 is 2.64 bits per heavy atom. The average Bonchev–Trinajstić information content (AvgIpc) is 2.58. The minimum Gasteiger partial charge on any atom is -0.494 e. The summed E-state index contributed by atoms with van der Waals surface area (Å²) in [6.45, 7) is 3.56. The van der Waals surface area contributed by atoms with Crippen molar-refractivity contribution < 1.29 is 14.5 Å². The summed E-state index contributed by atoms with van der Waals surface area (Å²) >= 11 is 6.07. The molecule has 2 aromatic rings. The zero-order valence-corrected chi connectivity index (χ0v) is 14.8. The summed E-state index contributed by atoms with van der Waals surface area (Å²) in [5.74, 6) is -0.0970. The third-order valence-corrected chi connectivity index (χ3v) is 4.10. The van der Waals surface area contributed by atoms with Gasteiger partial charge in [0.1, 0.15) is 11.8 Å². The zero-order valence-electron chi connectivity index (χ0n) is 14.0. The second kappa shape index (κ2) is 7.85. The van der Waals surface area contributed by atoms with E-state index in [-0.39, 0.29) is 17.3 Å². The van der Waals surface area contributed by atoms with Crippen LogP contribution in [0.4, 0.5) is 17.1 Å². The van der Waals surface area contributed by atoms with Gasteiger partial charge in [-0.25, -0.2) is 0 Å². The largest absolute Gasteiger partial charge is 0.494 e. The molecule has 0 unspecified atom stereocenters. The molecule has 25 heavy (non-hydrogen) atoms. The molecule has 1 atom stereocenters. The Bertz CT molecular complexity index is 810. The fourth-order valence-electron chi connectivity index (χ4n) is 2.20. The van der Waals surface area contributed by atoms with E-state index in [1.165, 1.54) is 25.3 Å². The number of carbonyl (C=O) groups is 1. The molecule has 0 aliphatic rings. The van der Waals surface area contributed by atoms with Gasteiger partial charge in [0.25, 0.3) is 5.69 Å². The summed E-state index contributed by atoms with van der Waals surface area (Å²) in [4.78, 5) is 22.7. The molecule has 0 saturated carbocycles. The summed E-state index contributed by atoms with van der Waals surface area (Å²) in [5.41, 5.74) is 1.84. The lowest BCUT2D eigenvalue weighted by Crippen LogP contribution is -2.32. The second-order valence-corrected chi connectivity index (χ2v) is 5.82. The molecule has 0 aromatic heterocycles. The number of non-ortho nitro benzene ring substituents is 1. The fraction of sp³-hybridized carbons (Fsp3) is 0.235. The molecule has 2 rings (SSSR count). The number of benzene rings is 2. The van der Waals surface area contributed by atoms with E-state index in [0.717, 1.165) is 11.3 Å². The summed E-state index contributed by atoms with van der Waals surface area (Å²) in [5, 5.41) is 17.2. The van der Waals surface area contributed by atoms with Gasteiger partial charge in [-0.3, -0.25) is 14.9 Å². The number of ether oxygens (including phenoxy) is 1. The predicted molar refractivity (Wildman–Crippen MR) is 97.6 cm³/mol. The highest BCUT2D eigenvalue weighted by Crippen LogP contribution is 2.29. The van der Waals surface area contributed by atoms with Crippen molar-refractivity contribution in [3.63, 3.8) is 0 Å². The van der Waals surface area contributed by atoms with E-state index in [9.17, 15) is 14.9 Å². The van der Waals surface area contributed by atoms with Crippen LogP contribution in [0.15, 0.2) is 36.4 Å². The Hall–Kier alpha value is -2.80. The van der Waals surface area contributed by atoms with E-state index in [2.05, 4.69) is 10.6 Å². The molecule has 0 fully saturated rings. The monoisotopic (exact) mass is 363 g/mol. The van der Waals surface area contributed by atoms with Crippen molar-refractivity contribution in [1.29, 1.82) is 0 Å². The van der Waals surface area contributed by atoms with Crippen LogP contribution in [0, 0.1) is 17.0 Å². The number of halogens is 1. The molecule has 2 N–H and O–H groups in total. The lowest BCUT2D eigenvalue weighted by Gasteiger charge is -2.18. The van der Waals surface area contributed by atoms with Crippen LogP contribution in [0.5, 0.6) is 5.75 Å². The molecule has 1 amide bonds. The first-order valence-electron chi connectivity index (χ1n) is 7.48. The van der Waals surface area contributed by atoms with Crippen molar-refractivity contribution in [1.82, 2.24) is 0 Å². The summed E-state index contributed by atoms with van der Waals surface area (Å²) in [7, 11) is 1.38. The van der Waals surface area contributed by atoms with Gasteiger partial charge in [0.15, 0.2) is 0 Å². The Kier molecular flexibility index (Phi) is 5.82. The molecule has 2 aromatic carbocycles. The van der Waals surface area contributed by atoms with Crippen LogP contribution in [0.25, 0.3) is 0 Å².